The SMILES string of the molecule is COCc1c(C(=O)N/N=C(/C)c2ccc(Br)cc2)nnn1-c1nonc1N. The number of nitrogens with two attached hydrogens (primary N) is 1. The van der Waals surface area contributed by atoms with E-state index in [4.69, 9.17) is 10.5 Å². The second kappa shape index (κ2) is 8.05. The van der Waals surface area contributed by atoms with E-state index in [0.29, 0.717) is 11.4 Å². The molecule has 140 valence electrons. The maximum atomic E-state index is 12.5. The van der Waals surface area contributed by atoms with Crippen molar-refractivity contribution in [3.05, 3.63) is 45.7 Å². The molecule has 0 aliphatic heterocycles. The van der Waals surface area contributed by atoms with Crippen LogP contribution in [0, 0.1) is 0 Å². The van der Waals surface area contributed by atoms with Crippen LogP contribution in [0.4, 0.5) is 5.82 Å². The van der Waals surface area contributed by atoms with Gasteiger partial charge >= 0.3 is 0 Å². The van der Waals surface area contributed by atoms with Crippen molar-refractivity contribution in [1.29, 1.82) is 0 Å². The van der Waals surface area contributed by atoms with Crippen LogP contribution < -0.4 is 11.2 Å². The summed E-state index contributed by atoms with van der Waals surface area (Å²) in [5.74, 6) is -0.434. The molecular formula is C15H15BrN8O3. The number of hydrogen-bond acceptors (Lipinski definition) is 9. The van der Waals surface area contributed by atoms with Gasteiger partial charge in [-0.1, -0.05) is 33.3 Å². The average Bonchev–Trinajstić information content (AvgIpc) is 3.26. The van der Waals surface area contributed by atoms with Gasteiger partial charge in [-0.15, -0.1) is 5.10 Å². The van der Waals surface area contributed by atoms with Gasteiger partial charge in [-0.2, -0.15) is 9.78 Å². The summed E-state index contributed by atoms with van der Waals surface area (Å²) in [7, 11) is 1.47. The van der Waals surface area contributed by atoms with E-state index < -0.39 is 5.91 Å². The fraction of sp³-hybridized carbons (Fsp3) is 0.200. The third-order valence-electron chi connectivity index (χ3n) is 3.54. The van der Waals surface area contributed by atoms with Gasteiger partial charge in [-0.3, -0.25) is 4.79 Å². The Hall–Kier alpha value is -3.12. The first-order valence-corrected chi connectivity index (χ1v) is 8.43. The first kappa shape index (κ1) is 18.7. The number of carbonyl (C=O) groups is 1. The second-order valence-electron chi connectivity index (χ2n) is 5.35. The van der Waals surface area contributed by atoms with Gasteiger partial charge in [0.2, 0.25) is 11.6 Å². The zero-order valence-electron chi connectivity index (χ0n) is 14.4. The molecule has 0 aliphatic carbocycles. The number of methoxy groups -OCH3 is 1. The largest absolute Gasteiger partial charge is 0.378 e. The molecule has 1 aromatic carbocycles. The molecule has 0 unspecified atom stereocenters. The molecule has 0 bridgehead atoms. The highest BCUT2D eigenvalue weighted by Crippen LogP contribution is 2.16. The lowest BCUT2D eigenvalue weighted by molar-refractivity contribution is 0.0944. The van der Waals surface area contributed by atoms with Crippen molar-refractivity contribution in [2.45, 2.75) is 13.5 Å². The van der Waals surface area contributed by atoms with Gasteiger partial charge in [0.1, 0.15) is 5.69 Å². The molecule has 0 aliphatic rings. The van der Waals surface area contributed by atoms with Crippen molar-refractivity contribution in [2.75, 3.05) is 12.8 Å². The molecule has 3 aromatic rings. The number of nitrogens with one attached hydrogen (secondary N) is 1. The van der Waals surface area contributed by atoms with Gasteiger partial charge in [-0.05, 0) is 34.9 Å². The Kier molecular flexibility index (Phi) is 5.57. The van der Waals surface area contributed by atoms with E-state index in [-0.39, 0.29) is 23.9 Å². The van der Waals surface area contributed by atoms with Crippen LogP contribution in [0.15, 0.2) is 38.5 Å². The summed E-state index contributed by atoms with van der Waals surface area (Å²) >= 11 is 3.37. The van der Waals surface area contributed by atoms with Crippen molar-refractivity contribution in [3.63, 3.8) is 0 Å². The minimum absolute atomic E-state index is 0.00770. The number of benzene rings is 1. The lowest BCUT2D eigenvalue weighted by Crippen LogP contribution is -2.22. The second-order valence-corrected chi connectivity index (χ2v) is 6.26. The van der Waals surface area contributed by atoms with E-state index in [1.165, 1.54) is 11.8 Å². The fourth-order valence-corrected chi connectivity index (χ4v) is 2.46. The van der Waals surface area contributed by atoms with Crippen molar-refractivity contribution in [1.82, 2.24) is 30.7 Å². The molecule has 1 amide bonds. The van der Waals surface area contributed by atoms with Crippen molar-refractivity contribution in [2.24, 2.45) is 5.10 Å². The number of ether oxygens (including phenoxy) is 1. The number of rotatable bonds is 6. The molecule has 2 aromatic heterocycles. The van der Waals surface area contributed by atoms with Gasteiger partial charge in [0, 0.05) is 11.6 Å². The number of aromatic nitrogens is 5. The van der Waals surface area contributed by atoms with E-state index in [9.17, 15) is 4.79 Å². The molecule has 3 N–H and O–H groups in total. The Morgan fingerprint density at radius 3 is 2.74 bits per heavy atom. The number of hydrazone groups is 1. The van der Waals surface area contributed by atoms with Gasteiger partial charge in [-0.25, -0.2) is 10.1 Å². The molecule has 0 atom stereocenters. The smallest absolute Gasteiger partial charge is 0.293 e. The minimum Gasteiger partial charge on any atom is -0.378 e. The normalized spacial score (nSPS) is 11.6. The van der Waals surface area contributed by atoms with Crippen molar-refractivity contribution >= 4 is 33.4 Å². The number of nitrogens with zero attached hydrogens (tertiary/aromatic N) is 6. The molecular weight excluding hydrogens is 420 g/mol. The van der Waals surface area contributed by atoms with Gasteiger partial charge in [0.05, 0.1) is 12.3 Å². The van der Waals surface area contributed by atoms with Crippen molar-refractivity contribution < 1.29 is 14.2 Å². The summed E-state index contributed by atoms with van der Waals surface area (Å²) in [6.45, 7) is 1.82. The van der Waals surface area contributed by atoms with E-state index in [1.807, 2.05) is 24.3 Å². The van der Waals surface area contributed by atoms with E-state index >= 15 is 0 Å². The molecule has 27 heavy (non-hydrogen) atoms. The first-order chi connectivity index (χ1) is 13.0. The van der Waals surface area contributed by atoms with Crippen LogP contribution in [0.5, 0.6) is 0 Å². The molecule has 0 saturated heterocycles. The summed E-state index contributed by atoms with van der Waals surface area (Å²) in [5.41, 5.74) is 9.97. The quantitative estimate of drug-likeness (QED) is 0.435. The predicted octanol–water partition coefficient (Wildman–Crippen LogP) is 1.30. The van der Waals surface area contributed by atoms with Gasteiger partial charge in [0.25, 0.3) is 5.91 Å². The highest BCUT2D eigenvalue weighted by molar-refractivity contribution is 9.10. The lowest BCUT2D eigenvalue weighted by atomic mass is 10.1. The Morgan fingerprint density at radius 1 is 1.37 bits per heavy atom. The Morgan fingerprint density at radius 2 is 2.11 bits per heavy atom. The summed E-state index contributed by atoms with van der Waals surface area (Å²) in [4.78, 5) is 12.5. The molecule has 3 rings (SSSR count). The van der Waals surface area contributed by atoms with Crippen molar-refractivity contribution in [3.8, 4) is 5.82 Å². The zero-order valence-corrected chi connectivity index (χ0v) is 16.0. The third-order valence-corrected chi connectivity index (χ3v) is 4.07. The maximum absolute atomic E-state index is 12.5. The number of amides is 1. The number of hydrogen-bond donors (Lipinski definition) is 2. The summed E-state index contributed by atoms with van der Waals surface area (Å²) in [6, 6.07) is 7.52. The van der Waals surface area contributed by atoms with Gasteiger partial charge in [0.15, 0.2) is 5.69 Å². The number of carbonyl (C=O) groups excluding carboxylic acids is 1. The van der Waals surface area contributed by atoms with Crippen LogP contribution in [0.1, 0.15) is 28.7 Å². The zero-order chi connectivity index (χ0) is 19.4. The monoisotopic (exact) mass is 434 g/mol. The van der Waals surface area contributed by atoms with Crippen LogP contribution in [0.25, 0.3) is 5.82 Å². The molecule has 11 nitrogen and oxygen atoms in total. The van der Waals surface area contributed by atoms with Crippen LogP contribution >= 0.6 is 15.9 Å². The first-order valence-electron chi connectivity index (χ1n) is 7.63. The number of nitrogen functional groups attached to an aromatic ring is 1. The standard InChI is InChI=1S/C15H15BrN8O3/c1-8(9-3-5-10(16)6-4-9)18-20-15(25)12-11(7-26-2)24(23-19-12)14-13(17)21-27-22-14/h3-6H,7H2,1-2H3,(H2,17,21)(H,20,25)/b18-8-. The molecule has 0 saturated carbocycles. The number of anilines is 1. The molecule has 2 heterocycles. The van der Waals surface area contributed by atoms with Crippen LogP contribution in [-0.2, 0) is 11.3 Å². The average molecular weight is 435 g/mol. The Labute approximate surface area is 161 Å². The summed E-state index contributed by atoms with van der Waals surface area (Å²) in [6.07, 6.45) is 0. The summed E-state index contributed by atoms with van der Waals surface area (Å²) in [5, 5.41) is 19.0. The fourth-order valence-electron chi connectivity index (χ4n) is 2.20. The third kappa shape index (κ3) is 4.01. The van der Waals surface area contributed by atoms with E-state index in [2.05, 4.69) is 51.7 Å². The highest BCUT2D eigenvalue weighted by Gasteiger charge is 2.23. The lowest BCUT2D eigenvalue weighted by Gasteiger charge is -2.05. The topological polar surface area (TPSA) is 146 Å². The Bertz CT molecular complexity index is 979. The maximum Gasteiger partial charge on any atom is 0.293 e. The van der Waals surface area contributed by atoms with Crippen LogP contribution in [0.2, 0.25) is 0 Å². The summed E-state index contributed by atoms with van der Waals surface area (Å²) < 4.78 is 11.9. The molecule has 0 radical (unpaired) electrons. The minimum atomic E-state index is -0.556. The van der Waals surface area contributed by atoms with Crippen LogP contribution in [-0.4, -0.2) is 44.0 Å². The van der Waals surface area contributed by atoms with E-state index in [0.717, 1.165) is 10.0 Å². The predicted molar refractivity (Wildman–Crippen MR) is 98.2 cm³/mol. The molecule has 0 spiro atoms. The Balaban J connectivity index is 1.84. The number of halogens is 1. The molecule has 12 heteroatoms. The van der Waals surface area contributed by atoms with Gasteiger partial charge < -0.3 is 10.5 Å². The van der Waals surface area contributed by atoms with Crippen LogP contribution in [0.3, 0.4) is 0 Å². The molecule has 0 fully saturated rings. The highest BCUT2D eigenvalue weighted by atomic mass is 79.9. The van der Waals surface area contributed by atoms with E-state index in [1.54, 1.807) is 6.92 Å².